The Bertz CT molecular complexity index is 574. The third kappa shape index (κ3) is 4.72. The largest absolute Gasteiger partial charge is 0.468 e. The SMILES string of the molecule is COC(=O)CSC1CCN(S(=O)(=O)Cc2ccccc2)C1. The molecule has 5 nitrogen and oxygen atoms in total. The summed E-state index contributed by atoms with van der Waals surface area (Å²) < 4.78 is 30.8. The number of benzene rings is 1. The summed E-state index contributed by atoms with van der Waals surface area (Å²) in [6.45, 7) is 0.991. The van der Waals surface area contributed by atoms with Crippen molar-refractivity contribution in [2.45, 2.75) is 17.4 Å². The van der Waals surface area contributed by atoms with Crippen LogP contribution in [0.4, 0.5) is 0 Å². The molecule has 1 fully saturated rings. The Labute approximate surface area is 129 Å². The highest BCUT2D eigenvalue weighted by atomic mass is 32.2. The molecule has 116 valence electrons. The van der Waals surface area contributed by atoms with E-state index in [2.05, 4.69) is 4.74 Å². The van der Waals surface area contributed by atoms with Gasteiger partial charge in [-0.25, -0.2) is 12.7 Å². The second kappa shape index (κ2) is 7.29. The molecule has 0 aromatic heterocycles. The van der Waals surface area contributed by atoms with Crippen molar-refractivity contribution in [3.63, 3.8) is 0 Å². The topological polar surface area (TPSA) is 63.7 Å². The van der Waals surface area contributed by atoms with E-state index in [9.17, 15) is 13.2 Å². The molecule has 21 heavy (non-hydrogen) atoms. The van der Waals surface area contributed by atoms with Gasteiger partial charge in [-0.1, -0.05) is 30.3 Å². The molecule has 1 heterocycles. The van der Waals surface area contributed by atoms with E-state index in [1.165, 1.54) is 23.2 Å². The van der Waals surface area contributed by atoms with Crippen molar-refractivity contribution < 1.29 is 17.9 Å². The van der Waals surface area contributed by atoms with Gasteiger partial charge in [0.05, 0.1) is 18.6 Å². The average Bonchev–Trinajstić information content (AvgIpc) is 2.95. The van der Waals surface area contributed by atoms with Gasteiger partial charge in [-0.05, 0) is 12.0 Å². The van der Waals surface area contributed by atoms with Crippen LogP contribution in [0.2, 0.25) is 0 Å². The molecule has 1 aliphatic rings. The van der Waals surface area contributed by atoms with Gasteiger partial charge in [0.25, 0.3) is 0 Å². The zero-order chi connectivity index (χ0) is 15.3. The minimum absolute atomic E-state index is 0.0300. The maximum Gasteiger partial charge on any atom is 0.315 e. The first-order valence-electron chi connectivity index (χ1n) is 6.71. The van der Waals surface area contributed by atoms with Gasteiger partial charge in [0, 0.05) is 18.3 Å². The van der Waals surface area contributed by atoms with Crippen molar-refractivity contribution in [2.24, 2.45) is 0 Å². The molecule has 2 rings (SSSR count). The van der Waals surface area contributed by atoms with Crippen LogP contribution in [0.15, 0.2) is 30.3 Å². The Morgan fingerprint density at radius 1 is 1.38 bits per heavy atom. The molecule has 1 saturated heterocycles. The van der Waals surface area contributed by atoms with Crippen LogP contribution in [-0.4, -0.2) is 49.9 Å². The Balaban J connectivity index is 1.89. The fraction of sp³-hybridized carbons (Fsp3) is 0.500. The summed E-state index contributed by atoms with van der Waals surface area (Å²) >= 11 is 1.46. The number of ether oxygens (including phenoxy) is 1. The molecule has 1 atom stereocenters. The zero-order valence-electron chi connectivity index (χ0n) is 11.9. The van der Waals surface area contributed by atoms with Crippen LogP contribution < -0.4 is 0 Å². The lowest BCUT2D eigenvalue weighted by Gasteiger charge is -2.16. The minimum atomic E-state index is -3.29. The number of carbonyl (C=O) groups excluding carboxylic acids is 1. The molecule has 0 N–H and O–H groups in total. The van der Waals surface area contributed by atoms with Crippen LogP contribution in [0.3, 0.4) is 0 Å². The number of methoxy groups -OCH3 is 1. The molecule has 0 amide bonds. The van der Waals surface area contributed by atoms with Gasteiger partial charge < -0.3 is 4.74 Å². The summed E-state index contributed by atoms with van der Waals surface area (Å²) in [6.07, 6.45) is 0.773. The summed E-state index contributed by atoms with van der Waals surface area (Å²) in [7, 11) is -1.93. The molecule has 0 saturated carbocycles. The van der Waals surface area contributed by atoms with E-state index in [1.807, 2.05) is 30.3 Å². The van der Waals surface area contributed by atoms with E-state index < -0.39 is 10.0 Å². The van der Waals surface area contributed by atoms with Crippen molar-refractivity contribution >= 4 is 27.8 Å². The highest BCUT2D eigenvalue weighted by Crippen LogP contribution is 2.26. The molecule has 0 aliphatic carbocycles. The first kappa shape index (κ1) is 16.3. The lowest BCUT2D eigenvalue weighted by Crippen LogP contribution is -2.30. The summed E-state index contributed by atoms with van der Waals surface area (Å²) in [5.41, 5.74) is 0.795. The van der Waals surface area contributed by atoms with E-state index in [0.717, 1.165) is 12.0 Å². The summed E-state index contributed by atoms with van der Waals surface area (Å²) in [6, 6.07) is 9.17. The fourth-order valence-corrected chi connectivity index (χ4v) is 4.94. The van der Waals surface area contributed by atoms with Gasteiger partial charge in [-0.2, -0.15) is 0 Å². The minimum Gasteiger partial charge on any atom is -0.468 e. The Hall–Kier alpha value is -1.05. The molecule has 1 unspecified atom stereocenters. The number of hydrogen-bond donors (Lipinski definition) is 0. The van der Waals surface area contributed by atoms with Crippen LogP contribution >= 0.6 is 11.8 Å². The standard InChI is InChI=1S/C14H19NO4S2/c1-19-14(16)10-20-13-7-8-15(9-13)21(17,18)11-12-5-3-2-4-6-12/h2-6,13H,7-11H2,1H3. The molecule has 1 aliphatic heterocycles. The number of rotatable bonds is 6. The van der Waals surface area contributed by atoms with Gasteiger partial charge in [-0.15, -0.1) is 11.8 Å². The van der Waals surface area contributed by atoms with Crippen LogP contribution in [0.25, 0.3) is 0 Å². The Morgan fingerprint density at radius 3 is 2.76 bits per heavy atom. The summed E-state index contributed by atoms with van der Waals surface area (Å²) in [5.74, 6) is 0.0290. The predicted octanol–water partition coefficient (Wildman–Crippen LogP) is 1.50. The van der Waals surface area contributed by atoms with Crippen molar-refractivity contribution in [3.05, 3.63) is 35.9 Å². The number of hydrogen-bond acceptors (Lipinski definition) is 5. The lowest BCUT2D eigenvalue weighted by molar-refractivity contribution is -0.137. The van der Waals surface area contributed by atoms with Crippen molar-refractivity contribution in [1.29, 1.82) is 0 Å². The lowest BCUT2D eigenvalue weighted by atomic mass is 10.2. The number of thioether (sulfide) groups is 1. The van der Waals surface area contributed by atoms with E-state index in [0.29, 0.717) is 13.1 Å². The van der Waals surface area contributed by atoms with Gasteiger partial charge >= 0.3 is 5.97 Å². The van der Waals surface area contributed by atoms with E-state index in [1.54, 1.807) is 0 Å². The maximum atomic E-state index is 12.4. The summed E-state index contributed by atoms with van der Waals surface area (Å²) in [5, 5.41) is 0.162. The van der Waals surface area contributed by atoms with Crippen LogP contribution in [0, 0.1) is 0 Å². The van der Waals surface area contributed by atoms with E-state index >= 15 is 0 Å². The second-order valence-corrected chi connectivity index (χ2v) is 8.16. The quantitative estimate of drug-likeness (QED) is 0.740. The van der Waals surface area contributed by atoms with Crippen LogP contribution in [0.1, 0.15) is 12.0 Å². The van der Waals surface area contributed by atoms with Crippen LogP contribution in [-0.2, 0) is 25.3 Å². The predicted molar refractivity (Wildman–Crippen MR) is 83.5 cm³/mol. The highest BCUT2D eigenvalue weighted by molar-refractivity contribution is 8.00. The highest BCUT2D eigenvalue weighted by Gasteiger charge is 2.31. The molecular weight excluding hydrogens is 310 g/mol. The fourth-order valence-electron chi connectivity index (χ4n) is 2.21. The second-order valence-electron chi connectivity index (χ2n) is 4.90. The first-order valence-corrected chi connectivity index (χ1v) is 9.37. The number of nitrogens with zero attached hydrogens (tertiary/aromatic N) is 1. The van der Waals surface area contributed by atoms with Crippen LogP contribution in [0.5, 0.6) is 0 Å². The Morgan fingerprint density at radius 2 is 2.10 bits per heavy atom. The molecule has 0 spiro atoms. The van der Waals surface area contributed by atoms with Gasteiger partial charge in [-0.3, -0.25) is 4.79 Å². The van der Waals surface area contributed by atoms with Crippen molar-refractivity contribution in [1.82, 2.24) is 4.31 Å². The van der Waals surface area contributed by atoms with E-state index in [-0.39, 0.29) is 22.7 Å². The third-order valence-corrected chi connectivity index (χ3v) is 6.43. The van der Waals surface area contributed by atoms with E-state index in [4.69, 9.17) is 0 Å². The third-order valence-electron chi connectivity index (χ3n) is 3.36. The normalized spacial score (nSPS) is 19.6. The Kier molecular flexibility index (Phi) is 5.66. The molecule has 1 aromatic carbocycles. The molecule has 0 radical (unpaired) electrons. The van der Waals surface area contributed by atoms with Gasteiger partial charge in [0.15, 0.2) is 0 Å². The number of sulfonamides is 1. The van der Waals surface area contributed by atoms with Gasteiger partial charge in [0.1, 0.15) is 0 Å². The van der Waals surface area contributed by atoms with Crippen molar-refractivity contribution in [2.75, 3.05) is 26.0 Å². The average molecular weight is 329 g/mol. The zero-order valence-corrected chi connectivity index (χ0v) is 13.5. The van der Waals surface area contributed by atoms with Gasteiger partial charge in [0.2, 0.25) is 10.0 Å². The molecular formula is C14H19NO4S2. The number of carbonyl (C=O) groups is 1. The molecule has 7 heteroatoms. The smallest absolute Gasteiger partial charge is 0.315 e. The number of esters is 1. The maximum absolute atomic E-state index is 12.4. The first-order chi connectivity index (χ1) is 10.0. The molecule has 0 bridgehead atoms. The monoisotopic (exact) mass is 329 g/mol. The van der Waals surface area contributed by atoms with Crippen molar-refractivity contribution in [3.8, 4) is 0 Å². The summed E-state index contributed by atoms with van der Waals surface area (Å²) in [4.78, 5) is 11.1. The molecule has 1 aromatic rings.